The van der Waals surface area contributed by atoms with Crippen molar-refractivity contribution < 1.29 is 4.79 Å². The topological polar surface area (TPSA) is 36.4 Å². The molecule has 4 heteroatoms. The molecule has 0 radical (unpaired) electrons. The molecule has 1 aromatic heterocycles. The third kappa shape index (κ3) is 3.10. The minimum absolute atomic E-state index is 0.162. The molecule has 0 spiro atoms. The van der Waals surface area contributed by atoms with Gasteiger partial charge in [0.25, 0.3) is 0 Å². The first-order valence-corrected chi connectivity index (χ1v) is 8.11. The number of nitrogens with zero attached hydrogens (tertiary/aromatic N) is 3. The molecule has 2 heterocycles. The lowest BCUT2D eigenvalue weighted by Gasteiger charge is -2.35. The number of pyridine rings is 1. The van der Waals surface area contributed by atoms with E-state index in [1.54, 1.807) is 0 Å². The Morgan fingerprint density at radius 1 is 1.33 bits per heavy atom. The molecule has 4 nitrogen and oxygen atoms in total. The molecule has 1 unspecified atom stereocenters. The molecular weight excluding hydrogens is 262 g/mol. The summed E-state index contributed by atoms with van der Waals surface area (Å²) in [5.41, 5.74) is 3.78. The highest BCUT2D eigenvalue weighted by Gasteiger charge is 2.30. The van der Waals surface area contributed by atoms with Crippen molar-refractivity contribution in [3.05, 3.63) is 29.1 Å². The second-order valence-electron chi connectivity index (χ2n) is 6.37. The van der Waals surface area contributed by atoms with Gasteiger partial charge in [-0.05, 0) is 43.9 Å². The predicted octanol–water partition coefficient (Wildman–Crippen LogP) is 1.52. The Kier molecular flexibility index (Phi) is 4.24. The average Bonchev–Trinajstić information content (AvgIpc) is 2.53. The van der Waals surface area contributed by atoms with Gasteiger partial charge in [-0.1, -0.05) is 13.0 Å². The summed E-state index contributed by atoms with van der Waals surface area (Å²) < 4.78 is 0. The smallest absolute Gasteiger partial charge is 0.226 e. The van der Waals surface area contributed by atoms with Crippen LogP contribution < -0.4 is 0 Å². The van der Waals surface area contributed by atoms with E-state index in [9.17, 15) is 4.79 Å². The van der Waals surface area contributed by atoms with Gasteiger partial charge in [-0.25, -0.2) is 0 Å². The van der Waals surface area contributed by atoms with Gasteiger partial charge in [0.05, 0.1) is 0 Å². The molecule has 0 bridgehead atoms. The highest BCUT2D eigenvalue weighted by atomic mass is 16.2. The van der Waals surface area contributed by atoms with E-state index in [4.69, 9.17) is 0 Å². The van der Waals surface area contributed by atoms with E-state index in [0.29, 0.717) is 5.91 Å². The SMILES string of the molecule is CCc1cnc2c(c1)CC(C(=O)N1CCN(C)CC1)CC2. The lowest BCUT2D eigenvalue weighted by atomic mass is 9.85. The standard InChI is InChI=1S/C17H25N3O/c1-3-13-10-15-11-14(4-5-16(15)18-12-13)17(21)20-8-6-19(2)7-9-20/h10,12,14H,3-9,11H2,1-2H3. The molecule has 1 atom stereocenters. The first kappa shape index (κ1) is 14.5. The monoisotopic (exact) mass is 287 g/mol. The molecular formula is C17H25N3O. The summed E-state index contributed by atoms with van der Waals surface area (Å²) in [6, 6.07) is 2.26. The maximum atomic E-state index is 12.7. The fourth-order valence-electron chi connectivity index (χ4n) is 3.36. The number of fused-ring (bicyclic) bond motifs is 1. The first-order chi connectivity index (χ1) is 10.2. The lowest BCUT2D eigenvalue weighted by Crippen LogP contribution is -2.49. The van der Waals surface area contributed by atoms with Gasteiger partial charge in [0.1, 0.15) is 0 Å². The molecule has 0 aromatic carbocycles. The summed E-state index contributed by atoms with van der Waals surface area (Å²) in [4.78, 5) is 21.6. The van der Waals surface area contributed by atoms with Gasteiger partial charge in [0.15, 0.2) is 0 Å². The van der Waals surface area contributed by atoms with Crippen LogP contribution in [0.2, 0.25) is 0 Å². The number of carbonyl (C=O) groups is 1. The highest BCUT2D eigenvalue weighted by Crippen LogP contribution is 2.26. The van der Waals surface area contributed by atoms with E-state index in [1.165, 1.54) is 16.8 Å². The van der Waals surface area contributed by atoms with Crippen molar-refractivity contribution in [3.8, 4) is 0 Å². The van der Waals surface area contributed by atoms with Gasteiger partial charge in [-0.3, -0.25) is 9.78 Å². The van der Waals surface area contributed by atoms with Crippen LogP contribution in [0.4, 0.5) is 0 Å². The van der Waals surface area contributed by atoms with Gasteiger partial charge >= 0.3 is 0 Å². The van der Waals surface area contributed by atoms with E-state index >= 15 is 0 Å². The molecule has 2 aliphatic rings. The quantitative estimate of drug-likeness (QED) is 0.827. The molecule has 1 saturated heterocycles. The molecule has 0 saturated carbocycles. The fourth-order valence-corrected chi connectivity index (χ4v) is 3.36. The van der Waals surface area contributed by atoms with E-state index in [0.717, 1.165) is 51.9 Å². The Morgan fingerprint density at radius 2 is 2.10 bits per heavy atom. The van der Waals surface area contributed by atoms with Crippen molar-refractivity contribution in [2.24, 2.45) is 5.92 Å². The van der Waals surface area contributed by atoms with Crippen LogP contribution in [0.3, 0.4) is 0 Å². The third-order valence-corrected chi connectivity index (χ3v) is 4.88. The van der Waals surface area contributed by atoms with E-state index in [1.807, 2.05) is 6.20 Å². The van der Waals surface area contributed by atoms with Crippen LogP contribution in [0.15, 0.2) is 12.3 Å². The maximum Gasteiger partial charge on any atom is 0.226 e. The molecule has 1 fully saturated rings. The predicted molar refractivity (Wildman–Crippen MR) is 83.2 cm³/mol. The van der Waals surface area contributed by atoms with Crippen LogP contribution in [-0.4, -0.2) is 53.9 Å². The van der Waals surface area contributed by atoms with Crippen LogP contribution in [0.5, 0.6) is 0 Å². The Bertz CT molecular complexity index is 521. The number of carbonyl (C=O) groups excluding carboxylic acids is 1. The Labute approximate surface area is 127 Å². The zero-order valence-corrected chi connectivity index (χ0v) is 13.1. The molecule has 1 aromatic rings. The Balaban J connectivity index is 1.69. The van der Waals surface area contributed by atoms with Gasteiger partial charge in [0.2, 0.25) is 5.91 Å². The molecule has 21 heavy (non-hydrogen) atoms. The van der Waals surface area contributed by atoms with Crippen molar-refractivity contribution >= 4 is 5.91 Å². The Morgan fingerprint density at radius 3 is 2.81 bits per heavy atom. The number of aryl methyl sites for hydroxylation is 2. The molecule has 0 N–H and O–H groups in total. The minimum atomic E-state index is 0.162. The van der Waals surface area contributed by atoms with Gasteiger partial charge in [-0.15, -0.1) is 0 Å². The number of hydrogen-bond acceptors (Lipinski definition) is 3. The van der Waals surface area contributed by atoms with Crippen LogP contribution in [0, 0.1) is 5.92 Å². The van der Waals surface area contributed by atoms with Crippen molar-refractivity contribution in [2.45, 2.75) is 32.6 Å². The van der Waals surface area contributed by atoms with E-state index in [-0.39, 0.29) is 5.92 Å². The summed E-state index contributed by atoms with van der Waals surface area (Å²) in [7, 11) is 2.12. The first-order valence-electron chi connectivity index (χ1n) is 8.11. The average molecular weight is 287 g/mol. The molecule has 114 valence electrons. The van der Waals surface area contributed by atoms with E-state index in [2.05, 4.69) is 34.8 Å². The number of amides is 1. The zero-order valence-electron chi connectivity index (χ0n) is 13.1. The van der Waals surface area contributed by atoms with Crippen molar-refractivity contribution in [1.82, 2.24) is 14.8 Å². The van der Waals surface area contributed by atoms with Crippen molar-refractivity contribution in [2.75, 3.05) is 33.2 Å². The normalized spacial score (nSPS) is 23.0. The largest absolute Gasteiger partial charge is 0.340 e. The highest BCUT2D eigenvalue weighted by molar-refractivity contribution is 5.79. The molecule has 1 aliphatic heterocycles. The summed E-state index contributed by atoms with van der Waals surface area (Å²) in [5.74, 6) is 0.519. The van der Waals surface area contributed by atoms with Crippen LogP contribution in [-0.2, 0) is 24.1 Å². The summed E-state index contributed by atoms with van der Waals surface area (Å²) in [6.45, 7) is 5.91. The van der Waals surface area contributed by atoms with Gasteiger partial charge in [-0.2, -0.15) is 0 Å². The van der Waals surface area contributed by atoms with Crippen LogP contribution in [0.25, 0.3) is 0 Å². The van der Waals surface area contributed by atoms with E-state index < -0.39 is 0 Å². The minimum Gasteiger partial charge on any atom is -0.340 e. The molecule has 1 aliphatic carbocycles. The summed E-state index contributed by atoms with van der Waals surface area (Å²) in [5, 5.41) is 0. The van der Waals surface area contributed by atoms with Crippen LogP contribution in [0.1, 0.15) is 30.2 Å². The molecule has 1 amide bonds. The second-order valence-corrected chi connectivity index (χ2v) is 6.37. The number of rotatable bonds is 2. The zero-order chi connectivity index (χ0) is 14.8. The van der Waals surface area contributed by atoms with Crippen LogP contribution >= 0.6 is 0 Å². The van der Waals surface area contributed by atoms with Crippen molar-refractivity contribution in [1.29, 1.82) is 0 Å². The second kappa shape index (κ2) is 6.14. The number of hydrogen-bond donors (Lipinski definition) is 0. The van der Waals surface area contributed by atoms with Gasteiger partial charge in [0, 0.05) is 44.0 Å². The fraction of sp³-hybridized carbons (Fsp3) is 0.647. The molecule has 3 rings (SSSR count). The maximum absolute atomic E-state index is 12.7. The van der Waals surface area contributed by atoms with Gasteiger partial charge < -0.3 is 9.80 Å². The summed E-state index contributed by atoms with van der Waals surface area (Å²) in [6.07, 6.45) is 5.78. The summed E-state index contributed by atoms with van der Waals surface area (Å²) >= 11 is 0. The van der Waals surface area contributed by atoms with Crippen molar-refractivity contribution in [3.63, 3.8) is 0 Å². The lowest BCUT2D eigenvalue weighted by molar-refractivity contribution is -0.137. The third-order valence-electron chi connectivity index (χ3n) is 4.88. The Hall–Kier alpha value is -1.42. The number of likely N-dealkylation sites (N-methyl/N-ethyl adjacent to an activating group) is 1. The number of piperazine rings is 1. The number of aromatic nitrogens is 1.